The number of aryl methyl sites for hydroxylation is 1. The zero-order valence-electron chi connectivity index (χ0n) is 12.4. The third kappa shape index (κ3) is 5.39. The fourth-order valence-electron chi connectivity index (χ4n) is 2.04. The lowest BCUT2D eigenvalue weighted by molar-refractivity contribution is -0.125. The van der Waals surface area contributed by atoms with E-state index < -0.39 is 0 Å². The highest BCUT2D eigenvalue weighted by Gasteiger charge is 2.23. The van der Waals surface area contributed by atoms with Crippen molar-refractivity contribution in [3.63, 3.8) is 0 Å². The Hall–Kier alpha value is -1.42. The highest BCUT2D eigenvalue weighted by Crippen LogP contribution is 2.24. The van der Waals surface area contributed by atoms with Crippen LogP contribution in [0.1, 0.15) is 38.4 Å². The van der Waals surface area contributed by atoms with Crippen molar-refractivity contribution in [2.24, 2.45) is 17.1 Å². The lowest BCUT2D eigenvalue weighted by atomic mass is 9.84. The molecule has 1 atom stereocenters. The van der Waals surface area contributed by atoms with Crippen LogP contribution in [0.5, 0.6) is 0 Å². The fourth-order valence-corrected chi connectivity index (χ4v) is 2.04. The second-order valence-electron chi connectivity index (χ2n) is 6.18. The lowest BCUT2D eigenvalue weighted by Gasteiger charge is -2.24. The molecule has 0 bridgehead atoms. The van der Waals surface area contributed by atoms with Gasteiger partial charge in [-0.1, -0.05) is 26.8 Å². The molecule has 0 aromatic carbocycles. The van der Waals surface area contributed by atoms with Gasteiger partial charge in [0.2, 0.25) is 5.91 Å². The van der Waals surface area contributed by atoms with Crippen LogP contribution in [0.25, 0.3) is 0 Å². The second-order valence-corrected chi connectivity index (χ2v) is 6.18. The SMILES string of the molecule is Cc1cccnc1CNC(=O)C(CN)CC(C)(C)C. The molecule has 106 valence electrons. The third-order valence-corrected chi connectivity index (χ3v) is 3.06. The van der Waals surface area contributed by atoms with Crippen molar-refractivity contribution in [2.75, 3.05) is 6.54 Å². The number of carbonyl (C=O) groups is 1. The molecular formula is C15H25N3O. The molecule has 1 rings (SSSR count). The van der Waals surface area contributed by atoms with E-state index in [0.717, 1.165) is 17.7 Å². The maximum absolute atomic E-state index is 12.1. The van der Waals surface area contributed by atoms with Crippen molar-refractivity contribution in [1.29, 1.82) is 0 Å². The molecule has 1 aromatic heterocycles. The molecule has 0 spiro atoms. The first-order valence-electron chi connectivity index (χ1n) is 6.72. The summed E-state index contributed by atoms with van der Waals surface area (Å²) in [5, 5.41) is 2.93. The Morgan fingerprint density at radius 1 is 1.47 bits per heavy atom. The summed E-state index contributed by atoms with van der Waals surface area (Å²) in [5.74, 6) is -0.119. The number of nitrogens with one attached hydrogen (secondary N) is 1. The molecule has 4 nitrogen and oxygen atoms in total. The van der Waals surface area contributed by atoms with Gasteiger partial charge in [-0.05, 0) is 30.4 Å². The number of aromatic nitrogens is 1. The average Bonchev–Trinajstić information content (AvgIpc) is 2.33. The summed E-state index contributed by atoms with van der Waals surface area (Å²) in [6.45, 7) is 9.18. The van der Waals surface area contributed by atoms with E-state index in [1.165, 1.54) is 0 Å². The number of pyridine rings is 1. The molecule has 19 heavy (non-hydrogen) atoms. The van der Waals surface area contributed by atoms with Gasteiger partial charge < -0.3 is 11.1 Å². The third-order valence-electron chi connectivity index (χ3n) is 3.06. The van der Waals surface area contributed by atoms with Gasteiger partial charge in [0.05, 0.1) is 18.2 Å². The fraction of sp³-hybridized carbons (Fsp3) is 0.600. The minimum Gasteiger partial charge on any atom is -0.350 e. The molecule has 1 heterocycles. The average molecular weight is 263 g/mol. The van der Waals surface area contributed by atoms with Crippen LogP contribution in [-0.4, -0.2) is 17.4 Å². The Morgan fingerprint density at radius 3 is 2.68 bits per heavy atom. The van der Waals surface area contributed by atoms with Crippen molar-refractivity contribution in [2.45, 2.75) is 40.7 Å². The summed E-state index contributed by atoms with van der Waals surface area (Å²) >= 11 is 0. The van der Waals surface area contributed by atoms with Crippen molar-refractivity contribution in [1.82, 2.24) is 10.3 Å². The monoisotopic (exact) mass is 263 g/mol. The van der Waals surface area contributed by atoms with Crippen LogP contribution in [-0.2, 0) is 11.3 Å². The van der Waals surface area contributed by atoms with E-state index in [9.17, 15) is 4.79 Å². The standard InChI is InChI=1S/C15H25N3O/c1-11-6-5-7-17-13(11)10-18-14(19)12(9-16)8-15(2,3)4/h5-7,12H,8-10,16H2,1-4H3,(H,18,19). The summed E-state index contributed by atoms with van der Waals surface area (Å²) in [7, 11) is 0. The van der Waals surface area contributed by atoms with Gasteiger partial charge in [-0.25, -0.2) is 0 Å². The van der Waals surface area contributed by atoms with Crippen LogP contribution in [0.15, 0.2) is 18.3 Å². The maximum Gasteiger partial charge on any atom is 0.224 e. The number of nitrogens with two attached hydrogens (primary N) is 1. The van der Waals surface area contributed by atoms with Crippen LogP contribution in [0.2, 0.25) is 0 Å². The molecule has 0 aliphatic carbocycles. The molecular weight excluding hydrogens is 238 g/mol. The lowest BCUT2D eigenvalue weighted by Crippen LogP contribution is -2.37. The van der Waals surface area contributed by atoms with Crippen molar-refractivity contribution in [3.8, 4) is 0 Å². The Bertz CT molecular complexity index is 424. The Labute approximate surface area is 115 Å². The smallest absolute Gasteiger partial charge is 0.224 e. The Balaban J connectivity index is 2.57. The first-order chi connectivity index (χ1) is 8.83. The van der Waals surface area contributed by atoms with E-state index >= 15 is 0 Å². The summed E-state index contributed by atoms with van der Waals surface area (Å²) in [4.78, 5) is 16.4. The number of hydrogen-bond acceptors (Lipinski definition) is 3. The van der Waals surface area contributed by atoms with E-state index in [-0.39, 0.29) is 17.2 Å². The zero-order valence-corrected chi connectivity index (χ0v) is 12.4. The molecule has 3 N–H and O–H groups in total. The van der Waals surface area contributed by atoms with E-state index in [0.29, 0.717) is 13.1 Å². The van der Waals surface area contributed by atoms with E-state index in [1.807, 2.05) is 19.1 Å². The van der Waals surface area contributed by atoms with Gasteiger partial charge in [-0.3, -0.25) is 9.78 Å². The minimum atomic E-state index is -0.135. The molecule has 1 unspecified atom stereocenters. The van der Waals surface area contributed by atoms with Crippen molar-refractivity contribution < 1.29 is 4.79 Å². The first kappa shape index (κ1) is 15.6. The van der Waals surface area contributed by atoms with Crippen LogP contribution in [0.4, 0.5) is 0 Å². The predicted molar refractivity (Wildman–Crippen MR) is 77.4 cm³/mol. The minimum absolute atomic E-state index is 0.0162. The van der Waals surface area contributed by atoms with E-state index in [1.54, 1.807) is 6.20 Å². The quantitative estimate of drug-likeness (QED) is 0.854. The molecule has 0 radical (unpaired) electrons. The molecule has 0 saturated carbocycles. The highest BCUT2D eigenvalue weighted by atomic mass is 16.1. The van der Waals surface area contributed by atoms with Crippen LogP contribution in [0, 0.1) is 18.3 Å². The van der Waals surface area contributed by atoms with Gasteiger partial charge in [0, 0.05) is 12.7 Å². The summed E-state index contributed by atoms with van der Waals surface area (Å²) in [6.07, 6.45) is 2.53. The summed E-state index contributed by atoms with van der Waals surface area (Å²) in [6, 6.07) is 3.88. The number of hydrogen-bond donors (Lipinski definition) is 2. The van der Waals surface area contributed by atoms with Crippen molar-refractivity contribution >= 4 is 5.91 Å². The van der Waals surface area contributed by atoms with Crippen LogP contribution >= 0.6 is 0 Å². The molecule has 0 aliphatic rings. The van der Waals surface area contributed by atoms with Crippen LogP contribution in [0.3, 0.4) is 0 Å². The topological polar surface area (TPSA) is 68.0 Å². The van der Waals surface area contributed by atoms with Crippen molar-refractivity contribution in [3.05, 3.63) is 29.6 Å². The second kappa shape index (κ2) is 6.66. The summed E-state index contributed by atoms with van der Waals surface area (Å²) in [5.41, 5.74) is 7.79. The normalized spacial score (nSPS) is 13.1. The molecule has 1 amide bonds. The number of carbonyl (C=O) groups excluding carboxylic acids is 1. The van der Waals surface area contributed by atoms with Gasteiger partial charge in [-0.2, -0.15) is 0 Å². The summed E-state index contributed by atoms with van der Waals surface area (Å²) < 4.78 is 0. The largest absolute Gasteiger partial charge is 0.350 e. The van der Waals surface area contributed by atoms with Gasteiger partial charge in [-0.15, -0.1) is 0 Å². The Morgan fingerprint density at radius 2 is 2.16 bits per heavy atom. The highest BCUT2D eigenvalue weighted by molar-refractivity contribution is 5.78. The molecule has 0 aliphatic heterocycles. The van der Waals surface area contributed by atoms with Gasteiger partial charge in [0.15, 0.2) is 0 Å². The molecule has 4 heteroatoms. The molecule has 0 fully saturated rings. The van der Waals surface area contributed by atoms with Gasteiger partial charge in [0.1, 0.15) is 0 Å². The predicted octanol–water partition coefficient (Wildman–Crippen LogP) is 2.02. The van der Waals surface area contributed by atoms with Gasteiger partial charge >= 0.3 is 0 Å². The zero-order chi connectivity index (χ0) is 14.5. The molecule has 0 saturated heterocycles. The Kier molecular flexibility index (Phi) is 5.48. The number of amides is 1. The van der Waals surface area contributed by atoms with E-state index in [4.69, 9.17) is 5.73 Å². The number of rotatable bonds is 5. The van der Waals surface area contributed by atoms with E-state index in [2.05, 4.69) is 31.1 Å². The van der Waals surface area contributed by atoms with Gasteiger partial charge in [0.25, 0.3) is 0 Å². The number of nitrogens with zero attached hydrogens (tertiary/aromatic N) is 1. The molecule has 1 aromatic rings. The maximum atomic E-state index is 12.1. The first-order valence-corrected chi connectivity index (χ1v) is 6.72. The van der Waals surface area contributed by atoms with Crippen LogP contribution < -0.4 is 11.1 Å².